The first kappa shape index (κ1) is 19.0. The summed E-state index contributed by atoms with van der Waals surface area (Å²) in [6.45, 7) is 2.57. The Labute approximate surface area is 166 Å². The van der Waals surface area contributed by atoms with Crippen LogP contribution in [-0.4, -0.2) is 47.1 Å². The van der Waals surface area contributed by atoms with Crippen LogP contribution in [-0.2, 0) is 9.59 Å². The van der Waals surface area contributed by atoms with Crippen molar-refractivity contribution in [3.8, 4) is 0 Å². The topological polar surface area (TPSA) is 72.9 Å². The number of hydrogen-bond acceptors (Lipinski definition) is 4. The van der Waals surface area contributed by atoms with Gasteiger partial charge in [0.15, 0.2) is 0 Å². The molecule has 150 valence electrons. The molecule has 0 atom stereocenters. The van der Waals surface area contributed by atoms with Gasteiger partial charge in [0.2, 0.25) is 5.91 Å². The highest BCUT2D eigenvalue weighted by atomic mass is 16.5. The smallest absolute Gasteiger partial charge is 0.267 e. The molecule has 6 heteroatoms. The molecular formula is C22H29N3O3. The summed E-state index contributed by atoms with van der Waals surface area (Å²) in [6, 6.07) is 8.01. The fourth-order valence-corrected chi connectivity index (χ4v) is 5.15. The molecule has 6 nitrogen and oxygen atoms in total. The number of carbonyl (C=O) groups excluding carboxylic acids is 2. The van der Waals surface area contributed by atoms with Crippen LogP contribution >= 0.6 is 0 Å². The van der Waals surface area contributed by atoms with Crippen LogP contribution in [0.2, 0.25) is 0 Å². The average molecular weight is 383 g/mol. The minimum atomic E-state index is -0.543. The van der Waals surface area contributed by atoms with Gasteiger partial charge >= 0.3 is 0 Å². The van der Waals surface area contributed by atoms with E-state index in [0.29, 0.717) is 5.91 Å². The number of carbonyl (C=O) groups is 2. The Morgan fingerprint density at radius 3 is 2.61 bits per heavy atom. The number of nitrogens with zero attached hydrogens (tertiary/aromatic N) is 2. The summed E-state index contributed by atoms with van der Waals surface area (Å²) in [4.78, 5) is 28.7. The number of para-hydroxylation sites is 1. The molecule has 0 aromatic heterocycles. The molecule has 1 spiro atoms. The van der Waals surface area contributed by atoms with E-state index in [9.17, 15) is 9.59 Å². The molecule has 0 radical (unpaired) electrons. The summed E-state index contributed by atoms with van der Waals surface area (Å²) >= 11 is 0. The van der Waals surface area contributed by atoms with Crippen LogP contribution in [0.25, 0.3) is 6.08 Å². The maximum absolute atomic E-state index is 12.9. The monoisotopic (exact) mass is 383 g/mol. The molecule has 4 rings (SSSR count). The first-order valence-corrected chi connectivity index (χ1v) is 10.4. The van der Waals surface area contributed by atoms with Gasteiger partial charge in [-0.15, -0.1) is 0 Å². The molecule has 1 saturated carbocycles. The predicted octanol–water partition coefficient (Wildman–Crippen LogP) is 2.97. The van der Waals surface area contributed by atoms with Crippen molar-refractivity contribution in [3.63, 3.8) is 0 Å². The standard InChI is InChI=1S/C22H29N3O3/c26-20(23-28)12-11-17-7-4-5-10-19(17)25-14-6-13-22(25)15-24(16-22)21(27)18-8-2-1-3-9-18/h4-5,7,10-12,18,28H,1-3,6,8-9,13-16H2,(H,23,26)/b12-11+. The first-order chi connectivity index (χ1) is 13.6. The lowest BCUT2D eigenvalue weighted by Crippen LogP contribution is -2.70. The van der Waals surface area contributed by atoms with Gasteiger partial charge in [-0.25, -0.2) is 5.48 Å². The number of benzene rings is 1. The number of anilines is 1. The quantitative estimate of drug-likeness (QED) is 0.476. The zero-order valence-electron chi connectivity index (χ0n) is 16.3. The van der Waals surface area contributed by atoms with E-state index in [-0.39, 0.29) is 11.5 Å². The maximum atomic E-state index is 12.9. The van der Waals surface area contributed by atoms with Crippen LogP contribution in [0.5, 0.6) is 0 Å². The van der Waals surface area contributed by atoms with Crippen LogP contribution in [0.15, 0.2) is 30.3 Å². The van der Waals surface area contributed by atoms with Crippen molar-refractivity contribution in [1.82, 2.24) is 10.4 Å². The zero-order valence-corrected chi connectivity index (χ0v) is 16.3. The molecule has 2 heterocycles. The second-order valence-electron chi connectivity index (χ2n) is 8.38. The van der Waals surface area contributed by atoms with Gasteiger partial charge in [-0.3, -0.25) is 14.8 Å². The van der Waals surface area contributed by atoms with Crippen LogP contribution in [0.4, 0.5) is 5.69 Å². The number of nitrogens with one attached hydrogen (secondary N) is 1. The molecule has 0 bridgehead atoms. The van der Waals surface area contributed by atoms with Crippen LogP contribution < -0.4 is 10.4 Å². The normalized spacial score (nSPS) is 21.9. The Balaban J connectivity index is 1.49. The van der Waals surface area contributed by atoms with Gasteiger partial charge in [-0.1, -0.05) is 37.5 Å². The number of hydroxylamine groups is 1. The van der Waals surface area contributed by atoms with E-state index in [0.717, 1.165) is 56.6 Å². The van der Waals surface area contributed by atoms with E-state index in [1.54, 1.807) is 11.6 Å². The van der Waals surface area contributed by atoms with Gasteiger partial charge in [0.1, 0.15) is 0 Å². The molecular weight excluding hydrogens is 354 g/mol. The Hall–Kier alpha value is -2.34. The second kappa shape index (κ2) is 7.95. The molecule has 2 aliphatic heterocycles. The van der Waals surface area contributed by atoms with Gasteiger partial charge < -0.3 is 9.80 Å². The van der Waals surface area contributed by atoms with Gasteiger partial charge in [-0.2, -0.15) is 0 Å². The molecule has 28 heavy (non-hydrogen) atoms. The van der Waals surface area contributed by atoms with E-state index in [4.69, 9.17) is 5.21 Å². The minimum absolute atomic E-state index is 0.0213. The number of likely N-dealkylation sites (tertiary alicyclic amines) is 1. The Morgan fingerprint density at radius 2 is 1.86 bits per heavy atom. The van der Waals surface area contributed by atoms with E-state index in [1.165, 1.54) is 25.3 Å². The van der Waals surface area contributed by atoms with Crippen molar-refractivity contribution in [2.24, 2.45) is 5.92 Å². The Bertz CT molecular complexity index is 764. The van der Waals surface area contributed by atoms with Crippen molar-refractivity contribution in [2.75, 3.05) is 24.5 Å². The minimum Gasteiger partial charge on any atom is -0.362 e. The predicted molar refractivity (Wildman–Crippen MR) is 108 cm³/mol. The summed E-state index contributed by atoms with van der Waals surface area (Å²) in [5.41, 5.74) is 3.69. The lowest BCUT2D eigenvalue weighted by atomic mass is 9.82. The number of rotatable bonds is 4. The largest absolute Gasteiger partial charge is 0.362 e. The Morgan fingerprint density at radius 1 is 1.11 bits per heavy atom. The van der Waals surface area contributed by atoms with Crippen molar-refractivity contribution in [1.29, 1.82) is 0 Å². The second-order valence-corrected chi connectivity index (χ2v) is 8.38. The molecule has 2 saturated heterocycles. The SMILES string of the molecule is O=C(/C=C/c1ccccc1N1CCCC12CN(C(=O)C1CCCCC1)C2)NO. The molecule has 1 aliphatic carbocycles. The number of hydrogen-bond donors (Lipinski definition) is 2. The molecule has 0 unspecified atom stereocenters. The highest BCUT2D eigenvalue weighted by Crippen LogP contribution is 2.43. The van der Waals surface area contributed by atoms with Gasteiger partial charge in [0.05, 0.1) is 5.54 Å². The summed E-state index contributed by atoms with van der Waals surface area (Å²) in [7, 11) is 0. The first-order valence-electron chi connectivity index (χ1n) is 10.4. The summed E-state index contributed by atoms with van der Waals surface area (Å²) in [5, 5.41) is 8.71. The molecule has 2 amide bonds. The van der Waals surface area contributed by atoms with Crippen molar-refractivity contribution in [2.45, 2.75) is 50.5 Å². The van der Waals surface area contributed by atoms with Gasteiger partial charge in [-0.05, 0) is 43.4 Å². The highest BCUT2D eigenvalue weighted by molar-refractivity contribution is 5.92. The van der Waals surface area contributed by atoms with E-state index in [1.807, 2.05) is 18.2 Å². The third kappa shape index (κ3) is 3.53. The van der Waals surface area contributed by atoms with E-state index >= 15 is 0 Å². The third-order valence-corrected chi connectivity index (χ3v) is 6.58. The Kier molecular flexibility index (Phi) is 5.40. The van der Waals surface area contributed by atoms with Crippen LogP contribution in [0, 0.1) is 5.92 Å². The molecule has 1 aromatic carbocycles. The molecule has 1 aromatic rings. The average Bonchev–Trinajstić information content (AvgIpc) is 3.16. The lowest BCUT2D eigenvalue weighted by Gasteiger charge is -2.54. The van der Waals surface area contributed by atoms with Gasteiger partial charge in [0.25, 0.3) is 5.91 Å². The summed E-state index contributed by atoms with van der Waals surface area (Å²) in [6.07, 6.45) is 11.0. The van der Waals surface area contributed by atoms with Crippen molar-refractivity contribution in [3.05, 3.63) is 35.9 Å². The fraction of sp³-hybridized carbons (Fsp3) is 0.545. The molecule has 2 N–H and O–H groups in total. The highest BCUT2D eigenvalue weighted by Gasteiger charge is 2.52. The van der Waals surface area contributed by atoms with Crippen molar-refractivity contribution < 1.29 is 14.8 Å². The van der Waals surface area contributed by atoms with Crippen molar-refractivity contribution >= 4 is 23.6 Å². The third-order valence-electron chi connectivity index (χ3n) is 6.58. The summed E-state index contributed by atoms with van der Waals surface area (Å²) < 4.78 is 0. The van der Waals surface area contributed by atoms with Crippen LogP contribution in [0.1, 0.15) is 50.5 Å². The van der Waals surface area contributed by atoms with Crippen LogP contribution in [0.3, 0.4) is 0 Å². The van der Waals surface area contributed by atoms with Gasteiger partial charge in [0, 0.05) is 37.3 Å². The molecule has 3 fully saturated rings. The lowest BCUT2D eigenvalue weighted by molar-refractivity contribution is -0.144. The zero-order chi connectivity index (χ0) is 19.6. The molecule has 3 aliphatic rings. The number of amides is 2. The maximum Gasteiger partial charge on any atom is 0.267 e. The fourth-order valence-electron chi connectivity index (χ4n) is 5.15. The van der Waals surface area contributed by atoms with E-state index < -0.39 is 5.91 Å². The summed E-state index contributed by atoms with van der Waals surface area (Å²) in [5.74, 6) is 0.0389. The van der Waals surface area contributed by atoms with E-state index in [2.05, 4.69) is 15.9 Å².